The van der Waals surface area contributed by atoms with Crippen molar-refractivity contribution >= 4 is 24.1 Å². The summed E-state index contributed by atoms with van der Waals surface area (Å²) < 4.78 is 42.5. The predicted octanol–water partition coefficient (Wildman–Crippen LogP) is 5.57. The first-order valence-electron chi connectivity index (χ1n) is 12.0. The molecule has 0 saturated carbocycles. The largest absolute Gasteiger partial charge is 0.542 e. The second-order valence-corrected chi connectivity index (χ2v) is 18.3. The maximum absolute atomic E-state index is 13.3. The van der Waals surface area contributed by atoms with E-state index in [1.807, 2.05) is 18.2 Å². The highest BCUT2D eigenvalue weighted by Crippen LogP contribution is 2.46. The van der Waals surface area contributed by atoms with E-state index < -0.39 is 28.9 Å². The number of hydrogen-bond donors (Lipinski definition) is 0. The van der Waals surface area contributed by atoms with Gasteiger partial charge in [-0.15, -0.1) is 0 Å². The second kappa shape index (κ2) is 10.5. The van der Waals surface area contributed by atoms with E-state index in [9.17, 15) is 13.2 Å². The summed E-state index contributed by atoms with van der Waals surface area (Å²) in [5.74, 6) is 0.230. The van der Waals surface area contributed by atoms with E-state index in [4.69, 9.17) is 9.16 Å². The molecule has 0 atom stereocenters. The van der Waals surface area contributed by atoms with Crippen molar-refractivity contribution in [3.8, 4) is 5.75 Å². The lowest BCUT2D eigenvalue weighted by atomic mass is 9.91. The van der Waals surface area contributed by atoms with Gasteiger partial charge in [-0.1, -0.05) is 67.5 Å². The molecular formula is C25H42O6SSi. The maximum Gasteiger partial charge on any atom is 0.306 e. The van der Waals surface area contributed by atoms with Gasteiger partial charge in [0.05, 0.1) is 32.5 Å². The molecule has 0 N–H and O–H groups in total. The summed E-state index contributed by atoms with van der Waals surface area (Å²) in [5.41, 5.74) is 3.02. The lowest BCUT2D eigenvalue weighted by molar-refractivity contribution is -0.140. The molecule has 188 valence electrons. The van der Waals surface area contributed by atoms with Crippen molar-refractivity contribution in [1.29, 1.82) is 0 Å². The minimum Gasteiger partial charge on any atom is -0.542 e. The summed E-state index contributed by atoms with van der Waals surface area (Å²) in [6.07, 6.45) is -0.163. The Morgan fingerprint density at radius 2 is 1.58 bits per heavy atom. The van der Waals surface area contributed by atoms with Crippen molar-refractivity contribution in [2.75, 3.05) is 26.1 Å². The normalized spacial score (nSPS) is 16.4. The van der Waals surface area contributed by atoms with Crippen molar-refractivity contribution in [2.24, 2.45) is 0 Å². The number of esters is 1. The predicted molar refractivity (Wildman–Crippen MR) is 135 cm³/mol. The molecule has 0 radical (unpaired) electrons. The van der Waals surface area contributed by atoms with E-state index in [2.05, 4.69) is 60.1 Å². The van der Waals surface area contributed by atoms with Crippen LogP contribution in [0.15, 0.2) is 18.2 Å². The highest BCUT2D eigenvalue weighted by Gasteiger charge is 2.52. The molecule has 0 aromatic heterocycles. The van der Waals surface area contributed by atoms with Crippen LogP contribution in [-0.4, -0.2) is 48.8 Å². The Balaban J connectivity index is 2.53. The SMILES string of the molecule is COC(=O)CCS(=O)(=O)C1(c2ccc(O[Si](C(C)C)(C(C)C)C(C)C)c(C(C)C)c2)COC1. The Morgan fingerprint density at radius 3 is 1.97 bits per heavy atom. The second-order valence-electron chi connectivity index (χ2n) is 10.5. The molecule has 0 aliphatic carbocycles. The maximum atomic E-state index is 13.3. The van der Waals surface area contributed by atoms with E-state index in [-0.39, 0.29) is 31.3 Å². The highest BCUT2D eigenvalue weighted by molar-refractivity contribution is 7.92. The molecule has 1 aliphatic heterocycles. The van der Waals surface area contributed by atoms with Crippen LogP contribution in [0.25, 0.3) is 0 Å². The molecule has 1 aromatic rings. The summed E-state index contributed by atoms with van der Waals surface area (Å²) >= 11 is 0. The van der Waals surface area contributed by atoms with E-state index in [0.29, 0.717) is 22.2 Å². The third-order valence-corrected chi connectivity index (χ3v) is 15.6. The van der Waals surface area contributed by atoms with Crippen LogP contribution in [0.1, 0.15) is 78.9 Å². The fourth-order valence-corrected chi connectivity index (χ4v) is 12.4. The molecule has 8 heteroatoms. The number of carbonyl (C=O) groups excluding carboxylic acids is 1. The Labute approximate surface area is 201 Å². The monoisotopic (exact) mass is 498 g/mol. The molecule has 1 saturated heterocycles. The van der Waals surface area contributed by atoms with Gasteiger partial charge in [0.15, 0.2) is 9.84 Å². The molecule has 1 aromatic carbocycles. The minimum absolute atomic E-state index is 0.0942. The van der Waals surface area contributed by atoms with Crippen LogP contribution in [0.3, 0.4) is 0 Å². The highest BCUT2D eigenvalue weighted by atomic mass is 32.2. The molecule has 1 aliphatic rings. The molecule has 1 fully saturated rings. The Bertz CT molecular complexity index is 910. The van der Waals surface area contributed by atoms with Gasteiger partial charge in [0, 0.05) is 0 Å². The Hall–Kier alpha value is -1.38. The van der Waals surface area contributed by atoms with Gasteiger partial charge in [-0.3, -0.25) is 4.79 Å². The molecule has 1 heterocycles. The van der Waals surface area contributed by atoms with Gasteiger partial charge in [-0.25, -0.2) is 8.42 Å². The lowest BCUT2D eigenvalue weighted by Crippen LogP contribution is -2.54. The van der Waals surface area contributed by atoms with Gasteiger partial charge < -0.3 is 13.9 Å². The van der Waals surface area contributed by atoms with Crippen molar-refractivity contribution in [2.45, 2.75) is 89.1 Å². The van der Waals surface area contributed by atoms with Crippen molar-refractivity contribution < 1.29 is 27.1 Å². The number of carbonyl (C=O) groups is 1. The van der Waals surface area contributed by atoms with Crippen LogP contribution in [0, 0.1) is 0 Å². The zero-order valence-electron chi connectivity index (χ0n) is 21.7. The van der Waals surface area contributed by atoms with Gasteiger partial charge in [0.25, 0.3) is 8.32 Å². The van der Waals surface area contributed by atoms with Crippen LogP contribution < -0.4 is 4.43 Å². The van der Waals surface area contributed by atoms with Crippen LogP contribution >= 0.6 is 0 Å². The first kappa shape index (κ1) is 27.9. The van der Waals surface area contributed by atoms with Gasteiger partial charge in [0.1, 0.15) is 10.5 Å². The third kappa shape index (κ3) is 5.17. The lowest BCUT2D eigenvalue weighted by Gasteiger charge is -2.44. The number of methoxy groups -OCH3 is 1. The molecule has 2 rings (SSSR count). The average molecular weight is 499 g/mol. The fraction of sp³-hybridized carbons (Fsp3) is 0.720. The van der Waals surface area contributed by atoms with Gasteiger partial charge >= 0.3 is 5.97 Å². The van der Waals surface area contributed by atoms with Gasteiger partial charge in [0.2, 0.25) is 0 Å². The standard InChI is InChI=1S/C25H42O6SSi/c1-17(2)22-14-21(25(15-30-16-25)32(27,28)13-12-24(26)29-9)10-11-23(22)31-33(18(3)4,19(5)6)20(7)8/h10-11,14,17-20H,12-13,15-16H2,1-9H3. The first-order chi connectivity index (χ1) is 15.2. The van der Waals surface area contributed by atoms with Crippen molar-refractivity contribution in [1.82, 2.24) is 0 Å². The molecular weight excluding hydrogens is 456 g/mol. The molecule has 33 heavy (non-hydrogen) atoms. The fourth-order valence-electron chi connectivity index (χ4n) is 5.25. The zero-order chi connectivity index (χ0) is 25.2. The third-order valence-electron chi connectivity index (χ3n) is 7.22. The Morgan fingerprint density at radius 1 is 1.03 bits per heavy atom. The minimum atomic E-state index is -3.63. The summed E-state index contributed by atoms with van der Waals surface area (Å²) in [7, 11) is -4.53. The van der Waals surface area contributed by atoms with Crippen molar-refractivity contribution in [3.05, 3.63) is 29.3 Å². The average Bonchev–Trinajstić information content (AvgIpc) is 2.68. The van der Waals surface area contributed by atoms with Crippen LogP contribution in [0.5, 0.6) is 5.75 Å². The molecule has 0 bridgehead atoms. The molecule has 0 unspecified atom stereocenters. The van der Waals surface area contributed by atoms with Gasteiger partial charge in [-0.2, -0.15) is 0 Å². The quantitative estimate of drug-likeness (QED) is 0.293. The number of rotatable bonds is 11. The van der Waals surface area contributed by atoms with E-state index >= 15 is 0 Å². The van der Waals surface area contributed by atoms with Crippen molar-refractivity contribution in [3.63, 3.8) is 0 Å². The smallest absolute Gasteiger partial charge is 0.306 e. The van der Waals surface area contributed by atoms with E-state index in [0.717, 1.165) is 11.3 Å². The summed E-state index contributed by atoms with van der Waals surface area (Å²) in [5, 5.41) is 0. The van der Waals surface area contributed by atoms with Crippen LogP contribution in [-0.2, 0) is 28.9 Å². The van der Waals surface area contributed by atoms with E-state index in [1.54, 1.807) is 0 Å². The number of hydrogen-bond acceptors (Lipinski definition) is 6. The van der Waals surface area contributed by atoms with Gasteiger partial charge in [-0.05, 0) is 39.7 Å². The summed E-state index contributed by atoms with van der Waals surface area (Å²) in [6, 6.07) is 5.81. The zero-order valence-corrected chi connectivity index (χ0v) is 23.5. The number of sulfone groups is 1. The van der Waals surface area contributed by atoms with E-state index in [1.165, 1.54) is 7.11 Å². The molecule has 0 spiro atoms. The Kier molecular flexibility index (Phi) is 8.85. The first-order valence-corrected chi connectivity index (χ1v) is 15.7. The topological polar surface area (TPSA) is 78.9 Å². The van der Waals surface area contributed by atoms with Crippen LogP contribution in [0.4, 0.5) is 0 Å². The number of benzene rings is 1. The number of ether oxygens (including phenoxy) is 2. The summed E-state index contributed by atoms with van der Waals surface area (Å²) in [6.45, 7) is 17.9. The summed E-state index contributed by atoms with van der Waals surface area (Å²) in [4.78, 5) is 11.6. The molecule has 6 nitrogen and oxygen atoms in total. The molecule has 0 amide bonds. The van der Waals surface area contributed by atoms with Crippen LogP contribution in [0.2, 0.25) is 16.6 Å².